The number of amides is 1. The first kappa shape index (κ1) is 18.8. The van der Waals surface area contributed by atoms with Crippen LogP contribution >= 0.6 is 0 Å². The number of nitrogens with one attached hydrogen (secondary N) is 1. The van der Waals surface area contributed by atoms with Crippen LogP contribution in [0.2, 0.25) is 0 Å². The summed E-state index contributed by atoms with van der Waals surface area (Å²) in [6.07, 6.45) is -3.23. The van der Waals surface area contributed by atoms with Crippen molar-refractivity contribution < 1.29 is 22.7 Å². The Morgan fingerprint density at radius 1 is 1.48 bits per heavy atom. The van der Waals surface area contributed by atoms with Crippen molar-refractivity contribution in [1.29, 1.82) is 5.26 Å². The zero-order chi connectivity index (χ0) is 17.6. The maximum atomic E-state index is 12.1. The Morgan fingerprint density at radius 3 is 2.65 bits per heavy atom. The fourth-order valence-corrected chi connectivity index (χ4v) is 2.08. The van der Waals surface area contributed by atoms with E-state index in [4.69, 9.17) is 10.00 Å². The molecule has 1 amide bonds. The Morgan fingerprint density at radius 2 is 2.13 bits per heavy atom. The van der Waals surface area contributed by atoms with Crippen molar-refractivity contribution in [2.75, 3.05) is 20.3 Å². The smallest absolute Gasteiger partial charge is 0.383 e. The highest BCUT2D eigenvalue weighted by Gasteiger charge is 2.28. The summed E-state index contributed by atoms with van der Waals surface area (Å²) in [6.45, 7) is 3.28. The Balaban J connectivity index is 2.99. The van der Waals surface area contributed by atoms with Crippen LogP contribution in [0.4, 0.5) is 13.2 Å². The highest BCUT2D eigenvalue weighted by molar-refractivity contribution is 6.01. The third-order valence-corrected chi connectivity index (χ3v) is 3.25. The molecule has 0 saturated carbocycles. The Kier molecular flexibility index (Phi) is 6.39. The maximum absolute atomic E-state index is 12.1. The van der Waals surface area contributed by atoms with Crippen LogP contribution in [0.15, 0.2) is 11.6 Å². The van der Waals surface area contributed by atoms with Crippen molar-refractivity contribution >= 4 is 12.0 Å². The minimum absolute atomic E-state index is 0.374. The van der Waals surface area contributed by atoms with E-state index < -0.39 is 18.6 Å². The Labute approximate surface area is 132 Å². The number of rotatable bonds is 6. The molecule has 0 aliphatic heterocycles. The average Bonchev–Trinajstić information content (AvgIpc) is 2.73. The summed E-state index contributed by atoms with van der Waals surface area (Å²) in [6, 6.07) is 3.40. The Bertz CT molecular complexity index is 640. The van der Waals surface area contributed by atoms with Gasteiger partial charge < -0.3 is 14.6 Å². The number of aromatic nitrogens is 1. The van der Waals surface area contributed by atoms with Crippen LogP contribution in [0.3, 0.4) is 0 Å². The van der Waals surface area contributed by atoms with Gasteiger partial charge in [-0.05, 0) is 31.6 Å². The van der Waals surface area contributed by atoms with Gasteiger partial charge in [0.2, 0.25) is 0 Å². The maximum Gasteiger partial charge on any atom is 0.405 e. The Hall–Kier alpha value is -2.27. The molecule has 0 saturated heterocycles. The minimum Gasteiger partial charge on any atom is -0.383 e. The van der Waals surface area contributed by atoms with Crippen LogP contribution in [-0.2, 0) is 16.1 Å². The van der Waals surface area contributed by atoms with Crippen molar-refractivity contribution in [3.8, 4) is 6.07 Å². The number of methoxy groups -OCH3 is 1. The molecule has 1 aromatic rings. The van der Waals surface area contributed by atoms with Gasteiger partial charge in [-0.15, -0.1) is 0 Å². The summed E-state index contributed by atoms with van der Waals surface area (Å²) < 4.78 is 43.3. The van der Waals surface area contributed by atoms with E-state index in [-0.39, 0.29) is 5.57 Å². The largest absolute Gasteiger partial charge is 0.405 e. The topological polar surface area (TPSA) is 67.0 Å². The standard InChI is InChI=1S/C15H18F3N3O2/c1-10-6-12(11(2)21(10)4-5-23-3)7-13(8-19)14(22)20-9-15(16,17)18/h6-7H,4-5,9H2,1-3H3,(H,20,22). The molecule has 0 atom stereocenters. The molecule has 1 heterocycles. The predicted molar refractivity (Wildman–Crippen MR) is 78.4 cm³/mol. The van der Waals surface area contributed by atoms with Crippen molar-refractivity contribution in [2.24, 2.45) is 0 Å². The highest BCUT2D eigenvalue weighted by Crippen LogP contribution is 2.18. The first-order valence-corrected chi connectivity index (χ1v) is 6.82. The van der Waals surface area contributed by atoms with Crippen molar-refractivity contribution in [2.45, 2.75) is 26.6 Å². The fourth-order valence-electron chi connectivity index (χ4n) is 2.08. The van der Waals surface area contributed by atoms with Crippen LogP contribution in [0, 0.1) is 25.2 Å². The zero-order valence-electron chi connectivity index (χ0n) is 13.1. The number of alkyl halides is 3. The van der Waals surface area contributed by atoms with Crippen molar-refractivity contribution in [1.82, 2.24) is 9.88 Å². The lowest BCUT2D eigenvalue weighted by Crippen LogP contribution is -2.34. The summed E-state index contributed by atoms with van der Waals surface area (Å²) in [4.78, 5) is 11.7. The first-order valence-electron chi connectivity index (χ1n) is 6.82. The van der Waals surface area contributed by atoms with Crippen LogP contribution < -0.4 is 5.32 Å². The molecule has 0 spiro atoms. The number of hydrogen-bond acceptors (Lipinski definition) is 3. The second kappa shape index (κ2) is 7.83. The van der Waals surface area contributed by atoms with E-state index in [1.807, 2.05) is 11.5 Å². The van der Waals surface area contributed by atoms with Gasteiger partial charge in [-0.25, -0.2) is 0 Å². The SMILES string of the molecule is COCCn1c(C)cc(C=C(C#N)C(=O)NCC(F)(F)F)c1C. The number of ether oxygens (including phenoxy) is 1. The molecule has 0 aliphatic carbocycles. The summed E-state index contributed by atoms with van der Waals surface area (Å²) in [5, 5.41) is 10.7. The average molecular weight is 329 g/mol. The van der Waals surface area contributed by atoms with Crippen LogP contribution in [-0.4, -0.2) is 36.9 Å². The third kappa shape index (κ3) is 5.45. The molecule has 0 bridgehead atoms. The van der Waals surface area contributed by atoms with Gasteiger partial charge in [-0.1, -0.05) is 0 Å². The summed E-state index contributed by atoms with van der Waals surface area (Å²) in [5.41, 5.74) is 1.94. The van der Waals surface area contributed by atoms with Crippen molar-refractivity contribution in [3.05, 3.63) is 28.6 Å². The molecule has 0 fully saturated rings. The molecule has 8 heteroatoms. The van der Waals surface area contributed by atoms with E-state index in [0.717, 1.165) is 11.4 Å². The number of carbonyl (C=O) groups excluding carboxylic acids is 1. The lowest BCUT2D eigenvalue weighted by atomic mass is 10.1. The van der Waals surface area contributed by atoms with Crippen LogP contribution in [0.1, 0.15) is 17.0 Å². The molecule has 0 aromatic carbocycles. The molecule has 0 unspecified atom stereocenters. The molecule has 1 N–H and O–H groups in total. The molecule has 5 nitrogen and oxygen atoms in total. The first-order chi connectivity index (χ1) is 10.7. The summed E-state index contributed by atoms with van der Waals surface area (Å²) >= 11 is 0. The molecule has 1 aromatic heterocycles. The van der Waals surface area contributed by atoms with Gasteiger partial charge in [0, 0.05) is 25.0 Å². The van der Waals surface area contributed by atoms with E-state index in [1.54, 1.807) is 31.5 Å². The molecular weight excluding hydrogens is 311 g/mol. The van der Waals surface area contributed by atoms with Gasteiger partial charge >= 0.3 is 6.18 Å². The summed E-state index contributed by atoms with van der Waals surface area (Å²) in [5.74, 6) is -1.05. The number of halogens is 3. The number of nitriles is 1. The minimum atomic E-state index is -4.52. The third-order valence-electron chi connectivity index (χ3n) is 3.25. The molecule has 126 valence electrons. The van der Waals surface area contributed by atoms with Gasteiger partial charge in [-0.3, -0.25) is 4.79 Å². The van der Waals surface area contributed by atoms with Crippen LogP contribution in [0.5, 0.6) is 0 Å². The number of carbonyl (C=O) groups is 1. The van der Waals surface area contributed by atoms with Gasteiger partial charge in [0.05, 0.1) is 6.61 Å². The van der Waals surface area contributed by atoms with Gasteiger partial charge in [-0.2, -0.15) is 18.4 Å². The van der Waals surface area contributed by atoms with Gasteiger partial charge in [0.1, 0.15) is 18.2 Å². The highest BCUT2D eigenvalue weighted by atomic mass is 19.4. The van der Waals surface area contributed by atoms with E-state index >= 15 is 0 Å². The molecule has 0 radical (unpaired) electrons. The molecule has 0 aliphatic rings. The van der Waals surface area contributed by atoms with Crippen LogP contribution in [0.25, 0.3) is 6.08 Å². The van der Waals surface area contributed by atoms with E-state index in [2.05, 4.69) is 0 Å². The predicted octanol–water partition coefficient (Wildman–Crippen LogP) is 2.34. The normalized spacial score (nSPS) is 12.1. The fraction of sp³-hybridized carbons (Fsp3) is 0.467. The second-order valence-corrected chi connectivity index (χ2v) is 4.94. The van der Waals surface area contributed by atoms with Crippen molar-refractivity contribution in [3.63, 3.8) is 0 Å². The molecular formula is C15H18F3N3O2. The molecule has 1 rings (SSSR count). The lowest BCUT2D eigenvalue weighted by Gasteiger charge is -2.09. The van der Waals surface area contributed by atoms with Gasteiger partial charge in [0.25, 0.3) is 5.91 Å². The molecule has 23 heavy (non-hydrogen) atoms. The van der Waals surface area contributed by atoms with E-state index in [0.29, 0.717) is 18.7 Å². The number of aryl methyl sites for hydroxylation is 1. The summed E-state index contributed by atoms with van der Waals surface area (Å²) in [7, 11) is 1.58. The second-order valence-electron chi connectivity index (χ2n) is 4.94. The number of hydrogen-bond donors (Lipinski definition) is 1. The quantitative estimate of drug-likeness (QED) is 0.643. The lowest BCUT2D eigenvalue weighted by molar-refractivity contribution is -0.136. The monoisotopic (exact) mass is 329 g/mol. The van der Waals surface area contributed by atoms with E-state index in [1.165, 1.54) is 6.08 Å². The van der Waals surface area contributed by atoms with Gasteiger partial charge in [0.15, 0.2) is 0 Å². The van der Waals surface area contributed by atoms with E-state index in [9.17, 15) is 18.0 Å². The number of nitrogens with zero attached hydrogens (tertiary/aromatic N) is 2. The zero-order valence-corrected chi connectivity index (χ0v) is 13.1.